The number of likely N-dealkylation sites (N-methyl/N-ethyl adjacent to an activating group) is 1. The van der Waals surface area contributed by atoms with Gasteiger partial charge in [-0.25, -0.2) is 13.6 Å². The van der Waals surface area contributed by atoms with E-state index in [9.17, 15) is 18.4 Å². The Morgan fingerprint density at radius 1 is 1.33 bits per heavy atom. The number of urea groups is 1. The van der Waals surface area contributed by atoms with Crippen molar-refractivity contribution < 1.29 is 23.5 Å². The molecule has 0 spiro atoms. The smallest absolute Gasteiger partial charge is 0.317 e. The van der Waals surface area contributed by atoms with Gasteiger partial charge in [-0.15, -0.1) is 0 Å². The van der Waals surface area contributed by atoms with Gasteiger partial charge in [0.05, 0.1) is 12.6 Å². The quantitative estimate of drug-likeness (QED) is 0.605. The number of nitrogens with one attached hydrogen (secondary N) is 2. The molecule has 3 N–H and O–H groups in total. The van der Waals surface area contributed by atoms with Gasteiger partial charge in [-0.2, -0.15) is 0 Å². The van der Waals surface area contributed by atoms with Crippen LogP contribution in [0.5, 0.6) is 0 Å². The summed E-state index contributed by atoms with van der Waals surface area (Å²) in [7, 11) is 0. The molecule has 1 unspecified atom stereocenters. The van der Waals surface area contributed by atoms with E-state index in [1.54, 1.807) is 6.92 Å². The number of carboxylic acids is 1. The SMILES string of the molecule is C=C(C)C(NC(=O)NC1CC(N(CC)CC(=O)O)C1)c1ccc(F)c(F)c1. The van der Waals surface area contributed by atoms with Crippen molar-refractivity contribution in [2.45, 2.75) is 44.8 Å². The predicted octanol–water partition coefficient (Wildman–Crippen LogP) is 2.82. The van der Waals surface area contributed by atoms with Crippen LogP contribution in [0.3, 0.4) is 0 Å². The number of aliphatic carboxylic acids is 1. The van der Waals surface area contributed by atoms with E-state index in [4.69, 9.17) is 5.11 Å². The van der Waals surface area contributed by atoms with E-state index in [-0.39, 0.29) is 18.6 Å². The van der Waals surface area contributed by atoms with E-state index in [1.807, 2.05) is 11.8 Å². The van der Waals surface area contributed by atoms with Gasteiger partial charge in [-0.1, -0.05) is 25.1 Å². The number of amides is 2. The van der Waals surface area contributed by atoms with Crippen LogP contribution in [0.15, 0.2) is 30.4 Å². The van der Waals surface area contributed by atoms with Crippen molar-refractivity contribution in [3.05, 3.63) is 47.5 Å². The molecule has 27 heavy (non-hydrogen) atoms. The molecule has 148 valence electrons. The summed E-state index contributed by atoms with van der Waals surface area (Å²) in [5.74, 6) is -2.81. The summed E-state index contributed by atoms with van der Waals surface area (Å²) in [5.41, 5.74) is 0.989. The average molecular weight is 381 g/mol. The Kier molecular flexibility index (Phi) is 6.90. The summed E-state index contributed by atoms with van der Waals surface area (Å²) >= 11 is 0. The van der Waals surface area contributed by atoms with Gasteiger partial charge in [0.2, 0.25) is 0 Å². The molecule has 6 nitrogen and oxygen atoms in total. The fourth-order valence-corrected chi connectivity index (χ4v) is 3.22. The average Bonchev–Trinajstić information content (AvgIpc) is 2.56. The lowest BCUT2D eigenvalue weighted by atomic mass is 9.85. The Hall–Kier alpha value is -2.48. The Morgan fingerprint density at radius 3 is 2.52 bits per heavy atom. The first kappa shape index (κ1) is 20.8. The summed E-state index contributed by atoms with van der Waals surface area (Å²) < 4.78 is 26.6. The van der Waals surface area contributed by atoms with Gasteiger partial charge in [-0.3, -0.25) is 9.69 Å². The minimum absolute atomic E-state index is 0.0199. The molecule has 1 atom stereocenters. The van der Waals surface area contributed by atoms with Gasteiger partial charge < -0.3 is 15.7 Å². The van der Waals surface area contributed by atoms with Crippen LogP contribution in [-0.2, 0) is 4.79 Å². The molecule has 0 radical (unpaired) electrons. The molecule has 0 aliphatic heterocycles. The second-order valence-electron chi connectivity index (χ2n) is 6.85. The van der Waals surface area contributed by atoms with Crippen LogP contribution < -0.4 is 10.6 Å². The lowest BCUT2D eigenvalue weighted by Crippen LogP contribution is -2.56. The fourth-order valence-electron chi connectivity index (χ4n) is 3.22. The van der Waals surface area contributed by atoms with Gasteiger partial charge in [0.1, 0.15) is 0 Å². The summed E-state index contributed by atoms with van der Waals surface area (Å²) in [5, 5.41) is 14.5. The van der Waals surface area contributed by atoms with Crippen molar-refractivity contribution in [1.82, 2.24) is 15.5 Å². The Bertz CT molecular complexity index is 720. The van der Waals surface area contributed by atoms with Crippen LogP contribution in [0.25, 0.3) is 0 Å². The second-order valence-corrected chi connectivity index (χ2v) is 6.85. The van der Waals surface area contributed by atoms with Crippen molar-refractivity contribution >= 4 is 12.0 Å². The van der Waals surface area contributed by atoms with Crippen molar-refractivity contribution in [2.75, 3.05) is 13.1 Å². The number of rotatable bonds is 8. The maximum atomic E-state index is 13.5. The van der Waals surface area contributed by atoms with Crippen LogP contribution in [0.4, 0.5) is 13.6 Å². The lowest BCUT2D eigenvalue weighted by molar-refractivity contribution is -0.139. The fraction of sp³-hybridized carbons (Fsp3) is 0.474. The molecule has 2 amide bonds. The molecule has 2 rings (SSSR count). The molecule has 1 aromatic rings. The lowest BCUT2D eigenvalue weighted by Gasteiger charge is -2.42. The topological polar surface area (TPSA) is 81.7 Å². The highest BCUT2D eigenvalue weighted by atomic mass is 19.2. The number of halogens is 2. The molecular weight excluding hydrogens is 356 g/mol. The normalized spacial score (nSPS) is 19.9. The van der Waals surface area contributed by atoms with E-state index >= 15 is 0 Å². The Balaban J connectivity index is 1.89. The number of carbonyl (C=O) groups is 2. The van der Waals surface area contributed by atoms with Crippen LogP contribution >= 0.6 is 0 Å². The van der Waals surface area contributed by atoms with Crippen LogP contribution in [0, 0.1) is 11.6 Å². The summed E-state index contributed by atoms with van der Waals surface area (Å²) in [4.78, 5) is 25.0. The van der Waals surface area contributed by atoms with Gasteiger partial charge in [-0.05, 0) is 44.0 Å². The zero-order valence-electron chi connectivity index (χ0n) is 15.5. The molecule has 0 aromatic heterocycles. The number of nitrogens with zero attached hydrogens (tertiary/aromatic N) is 1. The van der Waals surface area contributed by atoms with Crippen LogP contribution in [-0.4, -0.2) is 47.2 Å². The zero-order valence-corrected chi connectivity index (χ0v) is 15.5. The van der Waals surface area contributed by atoms with Gasteiger partial charge in [0.25, 0.3) is 0 Å². The largest absolute Gasteiger partial charge is 0.480 e. The van der Waals surface area contributed by atoms with Crippen LogP contribution in [0.2, 0.25) is 0 Å². The molecular formula is C19H25F2N3O3. The molecule has 1 aliphatic rings. The maximum Gasteiger partial charge on any atom is 0.317 e. The van der Waals surface area contributed by atoms with E-state index in [0.717, 1.165) is 12.1 Å². The molecule has 1 aliphatic carbocycles. The highest BCUT2D eigenvalue weighted by Gasteiger charge is 2.35. The number of benzene rings is 1. The minimum atomic E-state index is -0.985. The number of hydrogen-bond acceptors (Lipinski definition) is 3. The molecule has 0 heterocycles. The monoisotopic (exact) mass is 381 g/mol. The molecule has 0 saturated heterocycles. The Morgan fingerprint density at radius 2 is 2.00 bits per heavy atom. The maximum absolute atomic E-state index is 13.5. The summed E-state index contributed by atoms with van der Waals surface area (Å²) in [6.07, 6.45) is 1.33. The first-order valence-corrected chi connectivity index (χ1v) is 8.84. The second kappa shape index (κ2) is 8.94. The highest BCUT2D eigenvalue weighted by Crippen LogP contribution is 2.26. The first-order chi connectivity index (χ1) is 12.7. The standard InChI is InChI=1S/C19H25F2N3O3/c1-4-24(10-17(25)26)14-8-13(9-14)22-19(27)23-18(11(2)3)12-5-6-15(20)16(21)7-12/h5-7,13-14,18H,2,4,8-10H2,1,3H3,(H,25,26)(H2,22,23,27). The summed E-state index contributed by atoms with van der Waals surface area (Å²) in [6, 6.07) is 2.45. The van der Waals surface area contributed by atoms with Gasteiger partial charge in [0.15, 0.2) is 11.6 Å². The van der Waals surface area contributed by atoms with E-state index in [2.05, 4.69) is 17.2 Å². The zero-order chi connectivity index (χ0) is 20.1. The molecule has 0 bridgehead atoms. The van der Waals surface area contributed by atoms with Gasteiger partial charge >= 0.3 is 12.0 Å². The predicted molar refractivity (Wildman–Crippen MR) is 97.3 cm³/mol. The van der Waals surface area contributed by atoms with Crippen molar-refractivity contribution in [2.24, 2.45) is 0 Å². The number of carbonyl (C=O) groups excluding carboxylic acids is 1. The molecule has 1 aromatic carbocycles. The minimum Gasteiger partial charge on any atom is -0.480 e. The Labute approximate surface area is 157 Å². The van der Waals surface area contributed by atoms with Gasteiger partial charge in [0, 0.05) is 12.1 Å². The van der Waals surface area contributed by atoms with Crippen molar-refractivity contribution in [1.29, 1.82) is 0 Å². The first-order valence-electron chi connectivity index (χ1n) is 8.84. The van der Waals surface area contributed by atoms with E-state index in [0.29, 0.717) is 30.5 Å². The highest BCUT2D eigenvalue weighted by molar-refractivity contribution is 5.75. The van der Waals surface area contributed by atoms with E-state index in [1.165, 1.54) is 6.07 Å². The third kappa shape index (κ3) is 5.50. The molecule has 1 fully saturated rings. The summed E-state index contributed by atoms with van der Waals surface area (Å²) in [6.45, 7) is 8.00. The third-order valence-corrected chi connectivity index (χ3v) is 4.75. The van der Waals surface area contributed by atoms with Crippen LogP contribution in [0.1, 0.15) is 38.3 Å². The van der Waals surface area contributed by atoms with E-state index < -0.39 is 29.7 Å². The van der Waals surface area contributed by atoms with Crippen molar-refractivity contribution in [3.8, 4) is 0 Å². The third-order valence-electron chi connectivity index (χ3n) is 4.75. The number of carboxylic acid groups (broad SMARTS) is 1. The molecule has 1 saturated carbocycles. The van der Waals surface area contributed by atoms with Crippen molar-refractivity contribution in [3.63, 3.8) is 0 Å². The number of hydrogen-bond donors (Lipinski definition) is 3. The molecule has 8 heteroatoms.